The molecule has 0 aliphatic rings. The molecule has 0 bridgehead atoms. The summed E-state index contributed by atoms with van der Waals surface area (Å²) < 4.78 is 0. The van der Waals surface area contributed by atoms with Crippen LogP contribution in [0.4, 0.5) is 0 Å². The smallest absolute Gasteiger partial charge is 0.00631 e. The maximum atomic E-state index is 3.82. The number of thioether (sulfide) groups is 1. The standard InChI is InChI=1S/C14H18S/c1-4-8-14(11-12(2)15-3)13-9-6-5-7-10-13/h4-7,9-11,14H,1,8H2,2-3H3/b12-11+. The zero-order valence-corrected chi connectivity index (χ0v) is 10.3. The minimum absolute atomic E-state index is 0.469. The van der Waals surface area contributed by atoms with Crippen molar-refractivity contribution in [3.8, 4) is 0 Å². The molecular weight excluding hydrogens is 200 g/mol. The van der Waals surface area contributed by atoms with E-state index in [1.54, 1.807) is 11.8 Å². The minimum Gasteiger partial charge on any atom is -0.135 e. The van der Waals surface area contributed by atoms with Crippen molar-refractivity contribution in [2.45, 2.75) is 19.3 Å². The van der Waals surface area contributed by atoms with Crippen molar-refractivity contribution in [3.05, 3.63) is 59.5 Å². The highest BCUT2D eigenvalue weighted by Crippen LogP contribution is 2.25. The molecule has 0 saturated heterocycles. The van der Waals surface area contributed by atoms with Crippen molar-refractivity contribution in [1.29, 1.82) is 0 Å². The summed E-state index contributed by atoms with van der Waals surface area (Å²) in [5.74, 6) is 0.469. The van der Waals surface area contributed by atoms with Crippen molar-refractivity contribution in [1.82, 2.24) is 0 Å². The highest BCUT2D eigenvalue weighted by molar-refractivity contribution is 8.02. The van der Waals surface area contributed by atoms with Crippen LogP contribution in [0.5, 0.6) is 0 Å². The SMILES string of the molecule is C=CCC(/C=C(\C)SC)c1ccccc1. The van der Waals surface area contributed by atoms with Crippen molar-refractivity contribution in [2.75, 3.05) is 6.26 Å². The summed E-state index contributed by atoms with van der Waals surface area (Å²) in [6.45, 7) is 5.98. The molecule has 1 rings (SSSR count). The fourth-order valence-electron chi connectivity index (χ4n) is 1.53. The molecule has 1 aromatic rings. The monoisotopic (exact) mass is 218 g/mol. The van der Waals surface area contributed by atoms with Crippen molar-refractivity contribution in [2.24, 2.45) is 0 Å². The molecule has 0 aromatic heterocycles. The van der Waals surface area contributed by atoms with Crippen LogP contribution in [0.15, 0.2) is 54.0 Å². The topological polar surface area (TPSA) is 0 Å². The van der Waals surface area contributed by atoms with E-state index < -0.39 is 0 Å². The van der Waals surface area contributed by atoms with Gasteiger partial charge in [0.05, 0.1) is 0 Å². The second-order valence-electron chi connectivity index (χ2n) is 3.52. The molecule has 0 amide bonds. The second kappa shape index (κ2) is 6.52. The molecule has 0 heterocycles. The van der Waals surface area contributed by atoms with Crippen molar-refractivity contribution >= 4 is 11.8 Å². The van der Waals surface area contributed by atoms with Crippen LogP contribution in [0.1, 0.15) is 24.8 Å². The third-order valence-electron chi connectivity index (χ3n) is 2.41. The van der Waals surface area contributed by atoms with Gasteiger partial charge in [-0.3, -0.25) is 0 Å². The summed E-state index contributed by atoms with van der Waals surface area (Å²) in [6.07, 6.45) is 7.42. The highest BCUT2D eigenvalue weighted by Gasteiger charge is 2.06. The maximum absolute atomic E-state index is 3.82. The molecule has 0 aliphatic heterocycles. The second-order valence-corrected chi connectivity index (χ2v) is 4.58. The van der Waals surface area contributed by atoms with Gasteiger partial charge in [-0.05, 0) is 30.1 Å². The molecule has 15 heavy (non-hydrogen) atoms. The van der Waals surface area contributed by atoms with Gasteiger partial charge in [-0.25, -0.2) is 0 Å². The Hall–Kier alpha value is -0.950. The molecular formula is C14H18S. The largest absolute Gasteiger partial charge is 0.135 e. The van der Waals surface area contributed by atoms with Gasteiger partial charge >= 0.3 is 0 Å². The summed E-state index contributed by atoms with van der Waals surface area (Å²) in [7, 11) is 0. The number of allylic oxidation sites excluding steroid dienone is 3. The van der Waals surface area contributed by atoms with E-state index in [0.717, 1.165) is 6.42 Å². The quantitative estimate of drug-likeness (QED) is 0.650. The van der Waals surface area contributed by atoms with E-state index in [1.807, 2.05) is 6.08 Å². The Labute approximate surface area is 97.1 Å². The van der Waals surface area contributed by atoms with Gasteiger partial charge in [0.1, 0.15) is 0 Å². The number of rotatable bonds is 5. The lowest BCUT2D eigenvalue weighted by Gasteiger charge is -2.11. The first-order chi connectivity index (χ1) is 7.27. The van der Waals surface area contributed by atoms with Crippen LogP contribution in [-0.2, 0) is 0 Å². The van der Waals surface area contributed by atoms with Gasteiger partial charge in [-0.15, -0.1) is 18.3 Å². The van der Waals surface area contributed by atoms with Crippen LogP contribution < -0.4 is 0 Å². The Balaban J connectivity index is 2.88. The molecule has 0 spiro atoms. The fourth-order valence-corrected chi connectivity index (χ4v) is 1.83. The Morgan fingerprint density at radius 2 is 2.07 bits per heavy atom. The van der Waals surface area contributed by atoms with Crippen LogP contribution >= 0.6 is 11.8 Å². The number of benzene rings is 1. The van der Waals surface area contributed by atoms with E-state index in [-0.39, 0.29) is 0 Å². The van der Waals surface area contributed by atoms with Crippen LogP contribution in [0.25, 0.3) is 0 Å². The zero-order chi connectivity index (χ0) is 11.1. The summed E-state index contributed by atoms with van der Waals surface area (Å²) in [5.41, 5.74) is 1.37. The Kier molecular flexibility index (Phi) is 5.27. The Morgan fingerprint density at radius 1 is 1.40 bits per heavy atom. The third kappa shape index (κ3) is 3.96. The molecule has 1 atom stereocenters. The highest BCUT2D eigenvalue weighted by atomic mass is 32.2. The van der Waals surface area contributed by atoms with Gasteiger partial charge in [-0.1, -0.05) is 42.5 Å². The summed E-state index contributed by atoms with van der Waals surface area (Å²) in [4.78, 5) is 1.37. The third-order valence-corrected chi connectivity index (χ3v) is 3.19. The first kappa shape index (κ1) is 12.1. The predicted molar refractivity (Wildman–Crippen MR) is 71.3 cm³/mol. The average Bonchev–Trinajstić information content (AvgIpc) is 2.29. The van der Waals surface area contributed by atoms with E-state index in [9.17, 15) is 0 Å². The van der Waals surface area contributed by atoms with Crippen molar-refractivity contribution in [3.63, 3.8) is 0 Å². The van der Waals surface area contributed by atoms with E-state index in [4.69, 9.17) is 0 Å². The van der Waals surface area contributed by atoms with Gasteiger partial charge in [0.15, 0.2) is 0 Å². The summed E-state index contributed by atoms with van der Waals surface area (Å²) in [5, 5.41) is 0. The molecule has 1 unspecified atom stereocenters. The Morgan fingerprint density at radius 3 is 2.60 bits per heavy atom. The number of hydrogen-bond acceptors (Lipinski definition) is 1. The summed E-state index contributed by atoms with van der Waals surface area (Å²) >= 11 is 1.80. The Bertz CT molecular complexity index is 324. The van der Waals surface area contributed by atoms with Gasteiger partial charge in [0, 0.05) is 5.92 Å². The van der Waals surface area contributed by atoms with Crippen molar-refractivity contribution < 1.29 is 0 Å². The molecule has 0 saturated carbocycles. The van der Waals surface area contributed by atoms with Crippen LogP contribution in [0, 0.1) is 0 Å². The van der Waals surface area contributed by atoms with E-state index in [2.05, 4.69) is 56.2 Å². The fraction of sp³-hybridized carbons (Fsp3) is 0.286. The number of hydrogen-bond donors (Lipinski definition) is 0. The van der Waals surface area contributed by atoms with Crippen LogP contribution in [0.2, 0.25) is 0 Å². The van der Waals surface area contributed by atoms with Gasteiger partial charge in [0.2, 0.25) is 0 Å². The predicted octanol–water partition coefficient (Wildman–Crippen LogP) is 4.61. The molecule has 0 N–H and O–H groups in total. The lowest BCUT2D eigenvalue weighted by Crippen LogP contribution is -1.93. The maximum Gasteiger partial charge on any atom is 0.00631 e. The van der Waals surface area contributed by atoms with Crippen LogP contribution in [-0.4, -0.2) is 6.26 Å². The average molecular weight is 218 g/mol. The molecule has 0 aliphatic carbocycles. The first-order valence-corrected chi connectivity index (χ1v) is 6.38. The molecule has 1 heteroatoms. The molecule has 0 fully saturated rings. The van der Waals surface area contributed by atoms with E-state index >= 15 is 0 Å². The van der Waals surface area contributed by atoms with E-state index in [1.165, 1.54) is 10.5 Å². The molecule has 0 nitrogen and oxygen atoms in total. The van der Waals surface area contributed by atoms with Crippen LogP contribution in [0.3, 0.4) is 0 Å². The summed E-state index contributed by atoms with van der Waals surface area (Å²) in [6, 6.07) is 10.6. The van der Waals surface area contributed by atoms with Gasteiger partial charge < -0.3 is 0 Å². The van der Waals surface area contributed by atoms with E-state index in [0.29, 0.717) is 5.92 Å². The zero-order valence-electron chi connectivity index (χ0n) is 9.44. The molecule has 80 valence electrons. The molecule has 1 aromatic carbocycles. The molecule has 0 radical (unpaired) electrons. The first-order valence-electron chi connectivity index (χ1n) is 5.16. The lowest BCUT2D eigenvalue weighted by molar-refractivity contribution is 0.862. The minimum atomic E-state index is 0.469. The van der Waals surface area contributed by atoms with Gasteiger partial charge in [0.25, 0.3) is 0 Å². The lowest BCUT2D eigenvalue weighted by atomic mass is 9.95. The normalized spacial score (nSPS) is 13.6. The van der Waals surface area contributed by atoms with Gasteiger partial charge in [-0.2, -0.15) is 0 Å².